The summed E-state index contributed by atoms with van der Waals surface area (Å²) < 4.78 is 19.4. The van der Waals surface area contributed by atoms with Gasteiger partial charge in [-0.15, -0.1) is 10.2 Å². The highest BCUT2D eigenvalue weighted by atomic mass is 32.2. The monoisotopic (exact) mass is 363 g/mol. The van der Waals surface area contributed by atoms with Gasteiger partial charge in [-0.1, -0.05) is 30.0 Å². The number of hydrogen-bond donors (Lipinski definition) is 1. The first-order valence-corrected chi connectivity index (χ1v) is 9.01. The molecule has 0 aliphatic carbocycles. The molecule has 3 rings (SSSR count). The van der Waals surface area contributed by atoms with Crippen LogP contribution in [0.5, 0.6) is 0 Å². The number of anilines is 1. The Morgan fingerprint density at radius 2 is 2.08 bits per heavy atom. The second kappa shape index (κ2) is 7.14. The molecule has 8 heteroatoms. The Morgan fingerprint density at radius 3 is 2.79 bits per heavy atom. The van der Waals surface area contributed by atoms with Crippen LogP contribution >= 0.6 is 23.1 Å². The molecule has 1 N–H and O–H groups in total. The topological polar surface area (TPSA) is 68.0 Å². The SMILES string of the molecule is CCSc1nnc(NC(=O)c2cc(-c3ccc(F)cc3)oc2C)s1. The number of carbonyl (C=O) groups excluding carboxylic acids is 1. The highest BCUT2D eigenvalue weighted by Gasteiger charge is 2.17. The van der Waals surface area contributed by atoms with Crippen LogP contribution in [0.4, 0.5) is 9.52 Å². The number of thioether (sulfide) groups is 1. The van der Waals surface area contributed by atoms with E-state index < -0.39 is 0 Å². The normalized spacial score (nSPS) is 10.8. The summed E-state index contributed by atoms with van der Waals surface area (Å²) in [4.78, 5) is 12.4. The molecule has 3 aromatic rings. The summed E-state index contributed by atoms with van der Waals surface area (Å²) in [5.74, 6) is 1.26. The molecule has 0 radical (unpaired) electrons. The summed E-state index contributed by atoms with van der Waals surface area (Å²) >= 11 is 2.90. The third-order valence-corrected chi connectivity index (χ3v) is 5.04. The van der Waals surface area contributed by atoms with Gasteiger partial charge in [0, 0.05) is 5.56 Å². The van der Waals surface area contributed by atoms with Gasteiger partial charge in [0.2, 0.25) is 5.13 Å². The van der Waals surface area contributed by atoms with Crippen molar-refractivity contribution < 1.29 is 13.6 Å². The largest absolute Gasteiger partial charge is 0.461 e. The zero-order valence-corrected chi connectivity index (χ0v) is 14.6. The molecule has 2 aromatic heterocycles. The highest BCUT2D eigenvalue weighted by Crippen LogP contribution is 2.28. The van der Waals surface area contributed by atoms with Crippen molar-refractivity contribution in [1.82, 2.24) is 10.2 Å². The van der Waals surface area contributed by atoms with Gasteiger partial charge in [0.25, 0.3) is 5.91 Å². The maximum absolute atomic E-state index is 13.0. The van der Waals surface area contributed by atoms with Crippen LogP contribution in [0.2, 0.25) is 0 Å². The van der Waals surface area contributed by atoms with Crippen LogP contribution in [-0.2, 0) is 0 Å². The molecule has 0 aliphatic heterocycles. The van der Waals surface area contributed by atoms with E-state index in [1.165, 1.54) is 23.5 Å². The third kappa shape index (κ3) is 3.65. The van der Waals surface area contributed by atoms with Crippen molar-refractivity contribution in [1.29, 1.82) is 0 Å². The van der Waals surface area contributed by atoms with Crippen LogP contribution in [0.3, 0.4) is 0 Å². The van der Waals surface area contributed by atoms with Gasteiger partial charge >= 0.3 is 0 Å². The average Bonchev–Trinajstić information content (AvgIpc) is 3.15. The number of amides is 1. The van der Waals surface area contributed by atoms with Crippen LogP contribution in [0.1, 0.15) is 23.0 Å². The fraction of sp³-hybridized carbons (Fsp3) is 0.188. The summed E-state index contributed by atoms with van der Waals surface area (Å²) in [5, 5.41) is 11.1. The van der Waals surface area contributed by atoms with Gasteiger partial charge in [-0.25, -0.2) is 4.39 Å². The molecule has 0 fully saturated rings. The molecule has 1 aromatic carbocycles. The van der Waals surface area contributed by atoms with Crippen LogP contribution in [0, 0.1) is 12.7 Å². The van der Waals surface area contributed by atoms with E-state index >= 15 is 0 Å². The molecule has 5 nitrogen and oxygen atoms in total. The summed E-state index contributed by atoms with van der Waals surface area (Å²) in [6, 6.07) is 7.55. The van der Waals surface area contributed by atoms with E-state index in [9.17, 15) is 9.18 Å². The maximum Gasteiger partial charge on any atom is 0.261 e. The highest BCUT2D eigenvalue weighted by molar-refractivity contribution is 8.01. The van der Waals surface area contributed by atoms with E-state index in [4.69, 9.17) is 4.42 Å². The molecule has 0 spiro atoms. The van der Waals surface area contributed by atoms with Crippen molar-refractivity contribution in [3.8, 4) is 11.3 Å². The van der Waals surface area contributed by atoms with Gasteiger partial charge in [0.05, 0.1) is 5.56 Å². The fourth-order valence-corrected chi connectivity index (χ4v) is 3.71. The number of rotatable bonds is 5. The quantitative estimate of drug-likeness (QED) is 0.529. The number of furan rings is 1. The van der Waals surface area contributed by atoms with Gasteiger partial charge in [0.15, 0.2) is 4.34 Å². The smallest absolute Gasteiger partial charge is 0.261 e. The Hall–Kier alpha value is -2.19. The minimum absolute atomic E-state index is 0.311. The summed E-state index contributed by atoms with van der Waals surface area (Å²) in [6.45, 7) is 3.73. The van der Waals surface area contributed by atoms with Crippen LogP contribution < -0.4 is 5.32 Å². The summed E-state index contributed by atoms with van der Waals surface area (Å²) in [5.41, 5.74) is 1.12. The standard InChI is InChI=1S/C16H14FN3O2S2/c1-3-23-16-20-19-15(24-16)18-14(21)12-8-13(22-9(12)2)10-4-6-11(17)7-5-10/h4-8H,3H2,1-2H3,(H,18,19,21). The lowest BCUT2D eigenvalue weighted by atomic mass is 10.1. The minimum atomic E-state index is -0.322. The summed E-state index contributed by atoms with van der Waals surface area (Å²) in [6.07, 6.45) is 0. The lowest BCUT2D eigenvalue weighted by Gasteiger charge is -1.98. The van der Waals surface area contributed by atoms with Crippen LogP contribution in [-0.4, -0.2) is 21.9 Å². The Kier molecular flexibility index (Phi) is 4.96. The molecular weight excluding hydrogens is 349 g/mol. The van der Waals surface area contributed by atoms with Gasteiger partial charge < -0.3 is 4.42 Å². The zero-order chi connectivity index (χ0) is 17.1. The Morgan fingerprint density at radius 1 is 1.33 bits per heavy atom. The third-order valence-electron chi connectivity index (χ3n) is 3.19. The van der Waals surface area contributed by atoms with Gasteiger partial charge in [0.1, 0.15) is 17.3 Å². The molecular formula is C16H14FN3O2S2. The Labute approximate surface area is 146 Å². The van der Waals surface area contributed by atoms with Crippen LogP contribution in [0.15, 0.2) is 39.1 Å². The Balaban J connectivity index is 1.78. The number of halogens is 1. The first-order valence-electron chi connectivity index (χ1n) is 7.21. The number of carbonyl (C=O) groups is 1. The fourth-order valence-electron chi connectivity index (χ4n) is 2.07. The molecule has 124 valence electrons. The van der Waals surface area contributed by atoms with Gasteiger partial charge in [-0.05, 0) is 43.0 Å². The van der Waals surface area contributed by atoms with E-state index in [-0.39, 0.29) is 11.7 Å². The predicted octanol–water partition coefficient (Wildman–Crippen LogP) is 4.61. The molecule has 0 unspecified atom stereocenters. The van der Waals surface area contributed by atoms with E-state index in [0.29, 0.717) is 27.8 Å². The molecule has 0 atom stereocenters. The predicted molar refractivity (Wildman–Crippen MR) is 93.1 cm³/mol. The second-order valence-corrected chi connectivity index (χ2v) is 7.34. The minimum Gasteiger partial charge on any atom is -0.461 e. The van der Waals surface area contributed by atoms with Crippen LogP contribution in [0.25, 0.3) is 11.3 Å². The first-order chi connectivity index (χ1) is 11.6. The zero-order valence-electron chi connectivity index (χ0n) is 13.0. The van der Waals surface area contributed by atoms with Crippen molar-refractivity contribution >= 4 is 34.1 Å². The van der Waals surface area contributed by atoms with E-state index in [0.717, 1.165) is 10.1 Å². The lowest BCUT2D eigenvalue weighted by molar-refractivity contribution is 0.102. The second-order valence-electron chi connectivity index (χ2n) is 4.85. The molecule has 0 bridgehead atoms. The number of nitrogens with zero attached hydrogens (tertiary/aromatic N) is 2. The van der Waals surface area contributed by atoms with Gasteiger partial charge in [-0.2, -0.15) is 0 Å². The molecule has 0 saturated heterocycles. The molecule has 0 aliphatic rings. The lowest BCUT2D eigenvalue weighted by Crippen LogP contribution is -2.11. The molecule has 1 amide bonds. The number of hydrogen-bond acceptors (Lipinski definition) is 6. The maximum atomic E-state index is 13.0. The number of aromatic nitrogens is 2. The van der Waals surface area contributed by atoms with Gasteiger partial charge in [-0.3, -0.25) is 10.1 Å². The van der Waals surface area contributed by atoms with E-state index in [1.807, 2.05) is 6.92 Å². The average molecular weight is 363 g/mol. The first kappa shape index (κ1) is 16.7. The molecule has 0 saturated carbocycles. The molecule has 24 heavy (non-hydrogen) atoms. The molecule has 2 heterocycles. The van der Waals surface area contributed by atoms with Crippen molar-refractivity contribution in [3.05, 3.63) is 47.5 Å². The van der Waals surface area contributed by atoms with Crippen molar-refractivity contribution in [2.75, 3.05) is 11.1 Å². The summed E-state index contributed by atoms with van der Waals surface area (Å²) in [7, 11) is 0. The Bertz CT molecular complexity index is 859. The van der Waals surface area contributed by atoms with Crippen molar-refractivity contribution in [2.24, 2.45) is 0 Å². The van der Waals surface area contributed by atoms with Crippen molar-refractivity contribution in [2.45, 2.75) is 18.2 Å². The van der Waals surface area contributed by atoms with Crippen molar-refractivity contribution in [3.63, 3.8) is 0 Å². The number of aryl methyl sites for hydroxylation is 1. The van der Waals surface area contributed by atoms with E-state index in [2.05, 4.69) is 15.5 Å². The number of benzene rings is 1. The number of nitrogens with one attached hydrogen (secondary N) is 1. The van der Waals surface area contributed by atoms with E-state index in [1.54, 1.807) is 36.9 Å².